The Hall–Kier alpha value is -2.55. The lowest BCUT2D eigenvalue weighted by Gasteiger charge is -2.21. The zero-order chi connectivity index (χ0) is 23.9. The van der Waals surface area contributed by atoms with Crippen molar-refractivity contribution in [3.05, 3.63) is 62.4 Å². The fourth-order valence-corrected chi connectivity index (χ4v) is 5.83. The predicted molar refractivity (Wildman–Crippen MR) is 124 cm³/mol. The second kappa shape index (κ2) is 8.91. The Bertz CT molecular complexity index is 1130. The van der Waals surface area contributed by atoms with Crippen molar-refractivity contribution in [3.8, 4) is 0 Å². The molecule has 0 bridgehead atoms. The molecule has 2 atom stereocenters. The maximum atomic E-state index is 12.8. The Morgan fingerprint density at radius 3 is 2.50 bits per heavy atom. The molecule has 9 heteroatoms. The van der Waals surface area contributed by atoms with Gasteiger partial charge in [0.1, 0.15) is 5.69 Å². The average molecular weight is 477 g/mol. The minimum Gasteiger partial charge on any atom is -0.366 e. The summed E-state index contributed by atoms with van der Waals surface area (Å²) < 4.78 is 39.9. The van der Waals surface area contributed by atoms with Crippen LogP contribution < -0.4 is 16.1 Å². The summed E-state index contributed by atoms with van der Waals surface area (Å²) in [6.45, 7) is 5.22. The Balaban J connectivity index is 1.11. The van der Waals surface area contributed by atoms with Gasteiger partial charge in [-0.25, -0.2) is 4.79 Å². The van der Waals surface area contributed by atoms with E-state index in [-0.39, 0.29) is 11.2 Å². The van der Waals surface area contributed by atoms with E-state index in [1.54, 1.807) is 22.9 Å². The molecule has 2 saturated heterocycles. The Morgan fingerprint density at radius 1 is 1.06 bits per heavy atom. The van der Waals surface area contributed by atoms with Crippen LogP contribution in [0.25, 0.3) is 0 Å². The second-order valence-corrected chi connectivity index (χ2v) is 10.2. The van der Waals surface area contributed by atoms with Gasteiger partial charge in [0.15, 0.2) is 0 Å². The van der Waals surface area contributed by atoms with E-state index in [1.165, 1.54) is 18.6 Å². The van der Waals surface area contributed by atoms with Crippen LogP contribution in [0.1, 0.15) is 43.2 Å². The van der Waals surface area contributed by atoms with Crippen molar-refractivity contribution in [3.63, 3.8) is 0 Å². The standard InChI is InChI=1S/C25H31F3N4O2/c26-25(27,28)19-6-4-18(5-7-19)8-9-24-14-20(24)15-30(17-24)10-3-13-32-16-21(22(33)29-23(32)34)31-11-1-2-12-31/h4-7,16,20H,1-3,8-15,17H2,(H,29,33,34)/t20-,24?/m1/s1. The van der Waals surface area contributed by atoms with Gasteiger partial charge in [0.05, 0.1) is 5.56 Å². The summed E-state index contributed by atoms with van der Waals surface area (Å²) in [5, 5.41) is 0. The summed E-state index contributed by atoms with van der Waals surface area (Å²) >= 11 is 0. The third kappa shape index (κ3) is 4.80. The van der Waals surface area contributed by atoms with Crippen molar-refractivity contribution in [2.24, 2.45) is 11.3 Å². The normalized spacial score (nSPS) is 24.6. The van der Waals surface area contributed by atoms with Crippen molar-refractivity contribution in [2.75, 3.05) is 37.6 Å². The molecule has 1 saturated carbocycles. The lowest BCUT2D eigenvalue weighted by molar-refractivity contribution is -0.137. The van der Waals surface area contributed by atoms with Crippen LogP contribution >= 0.6 is 0 Å². The number of benzene rings is 1. The fourth-order valence-electron chi connectivity index (χ4n) is 5.83. The van der Waals surface area contributed by atoms with Crippen LogP contribution in [-0.4, -0.2) is 47.2 Å². The van der Waals surface area contributed by atoms with Crippen molar-refractivity contribution in [1.82, 2.24) is 14.5 Å². The van der Waals surface area contributed by atoms with Gasteiger partial charge in [0, 0.05) is 38.9 Å². The smallest absolute Gasteiger partial charge is 0.366 e. The quantitative estimate of drug-likeness (QED) is 0.634. The van der Waals surface area contributed by atoms with Crippen LogP contribution in [0.3, 0.4) is 0 Å². The summed E-state index contributed by atoms with van der Waals surface area (Å²) in [6.07, 6.45) is 3.37. The highest BCUT2D eigenvalue weighted by Gasteiger charge is 2.58. The van der Waals surface area contributed by atoms with Gasteiger partial charge in [-0.3, -0.25) is 14.3 Å². The molecule has 1 aromatic carbocycles. The van der Waals surface area contributed by atoms with Crippen molar-refractivity contribution < 1.29 is 13.2 Å². The fraction of sp³-hybridized carbons (Fsp3) is 0.600. The zero-order valence-electron chi connectivity index (χ0n) is 19.2. The van der Waals surface area contributed by atoms with Gasteiger partial charge in [-0.2, -0.15) is 13.2 Å². The third-order valence-corrected chi connectivity index (χ3v) is 7.88. The van der Waals surface area contributed by atoms with Crippen LogP contribution in [0.5, 0.6) is 0 Å². The number of hydrogen-bond donors (Lipinski definition) is 1. The number of halogens is 3. The Kier molecular flexibility index (Phi) is 6.08. The molecule has 3 heterocycles. The molecule has 3 fully saturated rings. The SMILES string of the molecule is O=c1[nH]c(=O)n(CCCN2C[C@H]3CC3(CCc3ccc(C(F)(F)F)cc3)C2)cc1N1CCCC1. The molecule has 6 nitrogen and oxygen atoms in total. The summed E-state index contributed by atoms with van der Waals surface area (Å²) in [6, 6.07) is 5.54. The topological polar surface area (TPSA) is 61.3 Å². The summed E-state index contributed by atoms with van der Waals surface area (Å²) in [4.78, 5) is 31.4. The molecule has 0 spiro atoms. The van der Waals surface area contributed by atoms with Crippen LogP contribution in [0.15, 0.2) is 40.1 Å². The lowest BCUT2D eigenvalue weighted by Crippen LogP contribution is -2.35. The average Bonchev–Trinajstić information content (AvgIpc) is 3.14. The number of alkyl halides is 3. The predicted octanol–water partition coefficient (Wildman–Crippen LogP) is 3.50. The first-order valence-corrected chi connectivity index (χ1v) is 12.2. The number of nitrogens with one attached hydrogen (secondary N) is 1. The van der Waals surface area contributed by atoms with Gasteiger partial charge in [-0.1, -0.05) is 12.1 Å². The van der Waals surface area contributed by atoms with E-state index in [4.69, 9.17) is 0 Å². The van der Waals surface area contributed by atoms with E-state index < -0.39 is 11.7 Å². The maximum Gasteiger partial charge on any atom is 0.416 e. The maximum absolute atomic E-state index is 12.8. The first-order chi connectivity index (χ1) is 16.2. The number of nitrogens with zero attached hydrogens (tertiary/aromatic N) is 3. The minimum absolute atomic E-state index is 0.292. The van der Waals surface area contributed by atoms with E-state index in [2.05, 4.69) is 9.88 Å². The molecule has 184 valence electrons. The van der Waals surface area contributed by atoms with Crippen LogP contribution in [0.4, 0.5) is 18.9 Å². The number of likely N-dealkylation sites (tertiary alicyclic amines) is 1. The van der Waals surface area contributed by atoms with Gasteiger partial charge in [-0.15, -0.1) is 0 Å². The van der Waals surface area contributed by atoms with E-state index in [9.17, 15) is 22.8 Å². The number of aromatic amines is 1. The monoisotopic (exact) mass is 476 g/mol. The molecule has 1 unspecified atom stereocenters. The van der Waals surface area contributed by atoms with Crippen LogP contribution in [0.2, 0.25) is 0 Å². The van der Waals surface area contributed by atoms with Crippen LogP contribution in [-0.2, 0) is 19.1 Å². The molecule has 1 N–H and O–H groups in total. The molecular weight excluding hydrogens is 445 g/mol. The molecule has 1 aliphatic carbocycles. The van der Waals surface area contributed by atoms with E-state index >= 15 is 0 Å². The Morgan fingerprint density at radius 2 is 1.79 bits per heavy atom. The molecule has 3 aliphatic rings. The molecule has 2 aliphatic heterocycles. The molecular formula is C25H31F3N4O2. The number of rotatable bonds is 8. The molecule has 1 aromatic heterocycles. The van der Waals surface area contributed by atoms with Gasteiger partial charge in [0.25, 0.3) is 5.56 Å². The molecule has 0 radical (unpaired) electrons. The number of fused-ring (bicyclic) bond motifs is 1. The van der Waals surface area contributed by atoms with Crippen molar-refractivity contribution in [2.45, 2.75) is 51.2 Å². The summed E-state index contributed by atoms with van der Waals surface area (Å²) in [5.74, 6) is 0.666. The summed E-state index contributed by atoms with van der Waals surface area (Å²) in [7, 11) is 0. The molecule has 0 amide bonds. The highest BCUT2D eigenvalue weighted by Crippen LogP contribution is 2.60. The van der Waals surface area contributed by atoms with Gasteiger partial charge in [-0.05, 0) is 74.1 Å². The first kappa shape index (κ1) is 23.2. The number of aromatic nitrogens is 2. The zero-order valence-corrected chi connectivity index (χ0v) is 19.2. The second-order valence-electron chi connectivity index (χ2n) is 10.2. The highest BCUT2D eigenvalue weighted by molar-refractivity contribution is 5.42. The minimum atomic E-state index is -4.29. The van der Waals surface area contributed by atoms with Crippen molar-refractivity contribution >= 4 is 5.69 Å². The number of anilines is 1. The van der Waals surface area contributed by atoms with E-state index in [0.717, 1.165) is 70.4 Å². The number of H-pyrrole nitrogens is 1. The molecule has 2 aromatic rings. The van der Waals surface area contributed by atoms with Gasteiger partial charge >= 0.3 is 11.9 Å². The molecule has 5 rings (SSSR count). The van der Waals surface area contributed by atoms with Crippen molar-refractivity contribution in [1.29, 1.82) is 0 Å². The number of hydrogen-bond acceptors (Lipinski definition) is 4. The molecule has 34 heavy (non-hydrogen) atoms. The van der Waals surface area contributed by atoms with Gasteiger partial charge in [0.2, 0.25) is 0 Å². The first-order valence-electron chi connectivity index (χ1n) is 12.2. The largest absolute Gasteiger partial charge is 0.416 e. The summed E-state index contributed by atoms with van der Waals surface area (Å²) in [5.41, 5.74) is 0.572. The third-order valence-electron chi connectivity index (χ3n) is 7.88. The van der Waals surface area contributed by atoms with E-state index in [0.29, 0.717) is 23.6 Å². The Labute approximate surface area is 196 Å². The van der Waals surface area contributed by atoms with Gasteiger partial charge < -0.3 is 9.80 Å². The van der Waals surface area contributed by atoms with Crippen LogP contribution in [0, 0.1) is 11.3 Å². The highest BCUT2D eigenvalue weighted by atomic mass is 19.4. The number of piperidine rings is 1. The van der Waals surface area contributed by atoms with E-state index in [1.807, 2.05) is 4.90 Å². The lowest BCUT2D eigenvalue weighted by atomic mass is 9.95. The number of aryl methyl sites for hydroxylation is 2.